The number of benzene rings is 2. The number of hydrogen-bond donors (Lipinski definition) is 0. The van der Waals surface area contributed by atoms with Gasteiger partial charge >= 0.3 is 0 Å². The van der Waals surface area contributed by atoms with Crippen LogP contribution in [0.1, 0.15) is 52.6 Å². The summed E-state index contributed by atoms with van der Waals surface area (Å²) >= 11 is 0. The Bertz CT molecular complexity index is 1060. The van der Waals surface area contributed by atoms with Crippen molar-refractivity contribution in [2.75, 3.05) is 0 Å². The molecule has 8 rings (SSSR count). The van der Waals surface area contributed by atoms with E-state index in [1.54, 1.807) is 11.1 Å². The first-order chi connectivity index (χ1) is 13.3. The fourth-order valence-corrected chi connectivity index (χ4v) is 9.68. The van der Waals surface area contributed by atoms with Crippen molar-refractivity contribution in [2.45, 2.75) is 31.1 Å². The Morgan fingerprint density at radius 1 is 0.778 bits per heavy atom. The van der Waals surface area contributed by atoms with Crippen LogP contribution in [0.5, 0.6) is 0 Å². The maximum absolute atomic E-state index is 11.4. The van der Waals surface area contributed by atoms with Gasteiger partial charge in [0.1, 0.15) is 6.29 Å². The fourth-order valence-electron chi connectivity index (χ4n) is 9.68. The molecule has 0 aliphatic heterocycles. The van der Waals surface area contributed by atoms with E-state index in [9.17, 15) is 4.79 Å². The van der Waals surface area contributed by atoms with Crippen molar-refractivity contribution in [3.05, 3.63) is 59.2 Å². The first-order valence-electron chi connectivity index (χ1n) is 11.0. The summed E-state index contributed by atoms with van der Waals surface area (Å²) in [5.41, 5.74) is 4.13. The Hall–Kier alpha value is -1.89. The molecule has 1 heteroatoms. The van der Waals surface area contributed by atoms with Gasteiger partial charge in [-0.3, -0.25) is 4.79 Å². The molecule has 0 heterocycles. The zero-order valence-electron chi connectivity index (χ0n) is 15.4. The molecule has 2 aromatic rings. The Labute approximate surface area is 159 Å². The first kappa shape index (κ1) is 14.2. The lowest BCUT2D eigenvalue weighted by Crippen LogP contribution is -2.39. The zero-order valence-corrected chi connectivity index (χ0v) is 15.4. The normalized spacial score (nSPS) is 49.0. The van der Waals surface area contributed by atoms with E-state index < -0.39 is 0 Å². The van der Waals surface area contributed by atoms with Crippen molar-refractivity contribution in [1.29, 1.82) is 0 Å². The number of hydrogen-bond acceptors (Lipinski definition) is 1. The Morgan fingerprint density at radius 2 is 1.52 bits per heavy atom. The Balaban J connectivity index is 1.32. The molecular weight excluding hydrogens is 328 g/mol. The van der Waals surface area contributed by atoms with Crippen LogP contribution in [-0.2, 0) is 0 Å². The van der Waals surface area contributed by atoms with Crippen molar-refractivity contribution in [2.24, 2.45) is 47.3 Å². The second-order valence-electron chi connectivity index (χ2n) is 10.4. The van der Waals surface area contributed by atoms with E-state index in [1.807, 2.05) is 6.07 Å². The summed E-state index contributed by atoms with van der Waals surface area (Å²) in [4.78, 5) is 11.4. The largest absolute Gasteiger partial charge is 0.298 e. The predicted octanol–water partition coefficient (Wildman–Crippen LogP) is 5.56. The van der Waals surface area contributed by atoms with Gasteiger partial charge in [0, 0.05) is 5.56 Å². The number of allylic oxidation sites excluding steroid dienone is 2. The highest BCUT2D eigenvalue weighted by Gasteiger charge is 2.70. The van der Waals surface area contributed by atoms with E-state index >= 15 is 0 Å². The smallest absolute Gasteiger partial charge is 0.150 e. The summed E-state index contributed by atoms with van der Waals surface area (Å²) in [6.07, 6.45) is 10.6. The van der Waals surface area contributed by atoms with Crippen molar-refractivity contribution in [3.63, 3.8) is 0 Å². The van der Waals surface area contributed by atoms with Gasteiger partial charge in [0.25, 0.3) is 0 Å². The molecule has 0 N–H and O–H groups in total. The van der Waals surface area contributed by atoms with Gasteiger partial charge in [-0.2, -0.15) is 0 Å². The van der Waals surface area contributed by atoms with E-state index in [0.717, 1.165) is 71.0 Å². The molecule has 0 spiro atoms. The molecule has 0 radical (unpaired) electrons. The molecule has 0 aromatic heterocycles. The lowest BCUT2D eigenvalue weighted by Gasteiger charge is -2.44. The molecule has 1 nitrogen and oxygen atoms in total. The monoisotopic (exact) mass is 352 g/mol. The average Bonchev–Trinajstić information content (AvgIpc) is 3.51. The van der Waals surface area contributed by atoms with Crippen LogP contribution in [0.25, 0.3) is 10.8 Å². The van der Waals surface area contributed by atoms with Crippen LogP contribution in [0.15, 0.2) is 42.5 Å². The molecule has 134 valence electrons. The summed E-state index contributed by atoms with van der Waals surface area (Å²) in [7, 11) is 0. The summed E-state index contributed by atoms with van der Waals surface area (Å²) in [6.45, 7) is 0. The van der Waals surface area contributed by atoms with Crippen LogP contribution >= 0.6 is 0 Å². The fraction of sp³-hybridized carbons (Fsp3) is 0.500. The van der Waals surface area contributed by atoms with E-state index in [1.165, 1.54) is 30.0 Å². The molecule has 4 fully saturated rings. The van der Waals surface area contributed by atoms with E-state index in [2.05, 4.69) is 36.4 Å². The van der Waals surface area contributed by atoms with Gasteiger partial charge in [0.2, 0.25) is 0 Å². The number of rotatable bonds is 1. The van der Waals surface area contributed by atoms with Crippen molar-refractivity contribution < 1.29 is 4.79 Å². The van der Waals surface area contributed by atoms with E-state index in [-0.39, 0.29) is 0 Å². The van der Waals surface area contributed by atoms with Crippen molar-refractivity contribution in [3.8, 4) is 0 Å². The van der Waals surface area contributed by atoms with Gasteiger partial charge in [0.05, 0.1) is 0 Å². The highest BCUT2D eigenvalue weighted by Crippen LogP contribution is 2.78. The maximum Gasteiger partial charge on any atom is 0.150 e. The zero-order chi connectivity index (χ0) is 17.4. The quantitative estimate of drug-likeness (QED) is 0.373. The van der Waals surface area contributed by atoms with Crippen LogP contribution in [0.2, 0.25) is 0 Å². The van der Waals surface area contributed by atoms with Crippen molar-refractivity contribution in [1.82, 2.24) is 0 Å². The minimum Gasteiger partial charge on any atom is -0.298 e. The summed E-state index contributed by atoms with van der Waals surface area (Å²) in [5.74, 6) is 9.32. The third kappa shape index (κ3) is 1.42. The highest BCUT2D eigenvalue weighted by atomic mass is 16.1. The van der Waals surface area contributed by atoms with Crippen LogP contribution in [0, 0.1) is 47.3 Å². The minimum atomic E-state index is 0.764. The molecule has 6 aliphatic rings. The number of carbonyl (C=O) groups excluding carboxylic acids is 1. The highest BCUT2D eigenvalue weighted by molar-refractivity contribution is 5.93. The number of fused-ring (bicyclic) bond motifs is 21. The van der Waals surface area contributed by atoms with Gasteiger partial charge in [-0.1, -0.05) is 36.4 Å². The number of aldehydes is 1. The summed E-state index contributed by atoms with van der Waals surface area (Å²) < 4.78 is 0. The topological polar surface area (TPSA) is 17.1 Å². The summed E-state index contributed by atoms with van der Waals surface area (Å²) in [6, 6.07) is 11.1. The van der Waals surface area contributed by atoms with E-state index in [4.69, 9.17) is 0 Å². The molecule has 10 atom stereocenters. The maximum atomic E-state index is 11.4. The van der Waals surface area contributed by atoms with Crippen LogP contribution in [0.3, 0.4) is 0 Å². The van der Waals surface area contributed by atoms with E-state index in [0.29, 0.717) is 0 Å². The molecule has 27 heavy (non-hydrogen) atoms. The predicted molar refractivity (Wildman–Crippen MR) is 106 cm³/mol. The van der Waals surface area contributed by atoms with Crippen LogP contribution in [0.4, 0.5) is 0 Å². The SMILES string of the molecule is O=Cc1ccc2ccc3c(c2c1)C1CC3C2C3CC(C4C5C=CC(C5)C34)C12. The molecule has 10 unspecified atom stereocenters. The van der Waals surface area contributed by atoms with Gasteiger partial charge in [-0.15, -0.1) is 0 Å². The van der Waals surface area contributed by atoms with Gasteiger partial charge < -0.3 is 0 Å². The lowest BCUT2D eigenvalue weighted by molar-refractivity contribution is 0.0885. The second kappa shape index (κ2) is 4.40. The summed E-state index contributed by atoms with van der Waals surface area (Å²) in [5, 5.41) is 2.71. The molecule has 6 aliphatic carbocycles. The number of carbonyl (C=O) groups is 1. The average molecular weight is 352 g/mol. The molecule has 4 saturated carbocycles. The Morgan fingerprint density at radius 3 is 2.30 bits per heavy atom. The second-order valence-corrected chi connectivity index (χ2v) is 10.4. The van der Waals surface area contributed by atoms with Crippen LogP contribution < -0.4 is 0 Å². The molecule has 0 amide bonds. The minimum absolute atomic E-state index is 0.764. The van der Waals surface area contributed by atoms with Crippen molar-refractivity contribution >= 4 is 17.1 Å². The standard InChI is InChI=1S/C26H24O/c27-11-12-1-2-13-5-6-16-18-9-21(24(16)17(13)7-12)26-20-10-19(25(18)26)22-14-3-4-15(8-14)23(20)22/h1-7,11,14-15,18-23,25-26H,8-10H2. The van der Waals surface area contributed by atoms with Gasteiger partial charge in [-0.05, 0) is 106 Å². The van der Waals surface area contributed by atoms with Crippen LogP contribution in [-0.4, -0.2) is 6.29 Å². The van der Waals surface area contributed by atoms with Gasteiger partial charge in [-0.25, -0.2) is 0 Å². The molecular formula is C26H24O. The van der Waals surface area contributed by atoms with Gasteiger partial charge in [0.15, 0.2) is 0 Å². The third-order valence-corrected chi connectivity index (χ3v) is 10.0. The third-order valence-electron chi connectivity index (χ3n) is 10.0. The lowest BCUT2D eigenvalue weighted by atomic mass is 9.60. The molecule has 2 aromatic carbocycles. The molecule has 6 bridgehead atoms. The first-order valence-corrected chi connectivity index (χ1v) is 11.0. The molecule has 0 saturated heterocycles. The Kier molecular flexibility index (Phi) is 2.31.